The highest BCUT2D eigenvalue weighted by Gasteiger charge is 2.22. The minimum absolute atomic E-state index is 0.0210. The Kier molecular flexibility index (Phi) is 4.52. The van der Waals surface area contributed by atoms with Gasteiger partial charge in [0.05, 0.1) is 12.7 Å². The van der Waals surface area contributed by atoms with Crippen LogP contribution in [0.4, 0.5) is 5.13 Å². The normalized spacial score (nSPS) is 20.3. The lowest BCUT2D eigenvalue weighted by Gasteiger charge is -2.32. The number of alkyl halides is 1. The summed E-state index contributed by atoms with van der Waals surface area (Å²) in [5, 5.41) is 11.4. The zero-order valence-electron chi connectivity index (χ0n) is 9.13. The lowest BCUT2D eigenvalue weighted by atomic mass is 10.3. The van der Waals surface area contributed by atoms with E-state index in [2.05, 4.69) is 20.4 Å². The van der Waals surface area contributed by atoms with Crippen LogP contribution in [0.15, 0.2) is 5.51 Å². The van der Waals surface area contributed by atoms with Crippen LogP contribution in [-0.4, -0.2) is 54.3 Å². The van der Waals surface area contributed by atoms with Crippen LogP contribution < -0.4 is 10.2 Å². The fourth-order valence-corrected chi connectivity index (χ4v) is 2.29. The number of halogens is 1. The van der Waals surface area contributed by atoms with Crippen molar-refractivity contribution in [1.82, 2.24) is 15.5 Å². The average Bonchev–Trinajstić information content (AvgIpc) is 2.90. The Labute approximate surface area is 108 Å². The van der Waals surface area contributed by atoms with Crippen molar-refractivity contribution in [3.63, 3.8) is 0 Å². The van der Waals surface area contributed by atoms with Crippen molar-refractivity contribution in [2.45, 2.75) is 6.10 Å². The molecule has 0 spiro atoms. The molecule has 0 radical (unpaired) electrons. The first-order chi connectivity index (χ1) is 8.29. The molecule has 1 aliphatic rings. The monoisotopic (exact) mass is 276 g/mol. The van der Waals surface area contributed by atoms with E-state index in [1.807, 2.05) is 0 Å². The molecule has 1 N–H and O–H groups in total. The van der Waals surface area contributed by atoms with Crippen LogP contribution in [0.1, 0.15) is 0 Å². The Bertz CT molecular complexity index is 362. The van der Waals surface area contributed by atoms with Crippen molar-refractivity contribution in [2.24, 2.45) is 0 Å². The molecule has 0 bridgehead atoms. The van der Waals surface area contributed by atoms with Gasteiger partial charge in [-0.05, 0) is 0 Å². The second-order valence-corrected chi connectivity index (χ2v) is 4.68. The van der Waals surface area contributed by atoms with Crippen molar-refractivity contribution in [2.75, 3.05) is 37.0 Å². The molecule has 2 rings (SSSR count). The second kappa shape index (κ2) is 6.13. The number of amides is 1. The second-order valence-electron chi connectivity index (χ2n) is 3.60. The third-order valence-corrected chi connectivity index (χ3v) is 3.40. The number of nitrogens with zero attached hydrogens (tertiary/aromatic N) is 3. The highest BCUT2D eigenvalue weighted by atomic mass is 35.5. The Morgan fingerprint density at radius 1 is 1.76 bits per heavy atom. The Morgan fingerprint density at radius 3 is 3.35 bits per heavy atom. The van der Waals surface area contributed by atoms with E-state index in [1.165, 1.54) is 11.3 Å². The smallest absolute Gasteiger partial charge is 0.235 e. The van der Waals surface area contributed by atoms with Crippen molar-refractivity contribution in [3.8, 4) is 0 Å². The Hall–Kier alpha value is -0.920. The predicted molar refractivity (Wildman–Crippen MR) is 65.6 cm³/mol. The summed E-state index contributed by atoms with van der Waals surface area (Å²) >= 11 is 6.90. The van der Waals surface area contributed by atoms with Gasteiger partial charge in [-0.2, -0.15) is 0 Å². The van der Waals surface area contributed by atoms with Crippen LogP contribution in [0.2, 0.25) is 0 Å². The van der Waals surface area contributed by atoms with Gasteiger partial charge in [-0.15, -0.1) is 21.8 Å². The highest BCUT2D eigenvalue weighted by molar-refractivity contribution is 7.13. The van der Waals surface area contributed by atoms with Gasteiger partial charge in [-0.25, -0.2) is 0 Å². The topological polar surface area (TPSA) is 67.4 Å². The van der Waals surface area contributed by atoms with Crippen molar-refractivity contribution in [1.29, 1.82) is 0 Å². The molecule has 1 unspecified atom stereocenters. The van der Waals surface area contributed by atoms with Gasteiger partial charge in [0.15, 0.2) is 0 Å². The van der Waals surface area contributed by atoms with Crippen LogP contribution >= 0.6 is 22.9 Å². The number of ether oxygens (including phenoxy) is 1. The number of carbonyl (C=O) groups excluding carboxylic acids is 1. The molecular formula is C9H13ClN4O2S. The SMILES string of the molecule is O=C(CCl)NCC1CN(c2nncs2)CCO1. The van der Waals surface area contributed by atoms with Gasteiger partial charge in [-0.3, -0.25) is 4.79 Å². The lowest BCUT2D eigenvalue weighted by Crippen LogP contribution is -2.47. The minimum Gasteiger partial charge on any atom is -0.373 e. The third kappa shape index (κ3) is 3.52. The van der Waals surface area contributed by atoms with Gasteiger partial charge < -0.3 is 15.0 Å². The first kappa shape index (κ1) is 12.5. The molecule has 1 fully saturated rings. The van der Waals surface area contributed by atoms with E-state index in [9.17, 15) is 4.79 Å². The summed E-state index contributed by atoms with van der Waals surface area (Å²) in [7, 11) is 0. The highest BCUT2D eigenvalue weighted by Crippen LogP contribution is 2.18. The third-order valence-electron chi connectivity index (χ3n) is 2.41. The van der Waals surface area contributed by atoms with E-state index >= 15 is 0 Å². The number of hydrogen-bond acceptors (Lipinski definition) is 6. The quantitative estimate of drug-likeness (QED) is 0.790. The van der Waals surface area contributed by atoms with Gasteiger partial charge >= 0.3 is 0 Å². The molecule has 1 aromatic rings. The van der Waals surface area contributed by atoms with E-state index in [1.54, 1.807) is 5.51 Å². The first-order valence-corrected chi connectivity index (χ1v) is 6.66. The summed E-state index contributed by atoms with van der Waals surface area (Å²) in [6.45, 7) is 2.61. The molecule has 0 saturated carbocycles. The van der Waals surface area contributed by atoms with Crippen LogP contribution in [0.3, 0.4) is 0 Å². The largest absolute Gasteiger partial charge is 0.373 e. The summed E-state index contributed by atoms with van der Waals surface area (Å²) in [5.41, 5.74) is 1.70. The molecule has 1 aromatic heterocycles. The number of carbonyl (C=O) groups is 1. The zero-order chi connectivity index (χ0) is 12.1. The van der Waals surface area contributed by atoms with E-state index in [0.29, 0.717) is 19.7 Å². The average molecular weight is 277 g/mol. The van der Waals surface area contributed by atoms with Crippen LogP contribution in [0.25, 0.3) is 0 Å². The van der Waals surface area contributed by atoms with E-state index in [-0.39, 0.29) is 17.9 Å². The van der Waals surface area contributed by atoms with E-state index in [0.717, 1.165) is 11.7 Å². The number of rotatable bonds is 4. The van der Waals surface area contributed by atoms with E-state index in [4.69, 9.17) is 16.3 Å². The van der Waals surface area contributed by atoms with E-state index < -0.39 is 0 Å². The van der Waals surface area contributed by atoms with Gasteiger partial charge in [0.25, 0.3) is 0 Å². The maximum absolute atomic E-state index is 11.0. The minimum atomic E-state index is -0.177. The summed E-state index contributed by atoms with van der Waals surface area (Å²) in [4.78, 5) is 13.1. The fourth-order valence-electron chi connectivity index (χ4n) is 1.60. The molecule has 6 nitrogen and oxygen atoms in total. The Balaban J connectivity index is 1.83. The molecule has 0 aliphatic carbocycles. The van der Waals surface area contributed by atoms with Gasteiger partial charge in [0.2, 0.25) is 11.0 Å². The maximum Gasteiger partial charge on any atom is 0.235 e. The van der Waals surface area contributed by atoms with Crippen LogP contribution in [0.5, 0.6) is 0 Å². The molecule has 8 heteroatoms. The standard InChI is InChI=1S/C9H13ClN4O2S/c10-3-8(15)11-4-7-5-14(1-2-16-7)9-13-12-6-17-9/h6-7H,1-5H2,(H,11,15). The number of morpholine rings is 1. The van der Waals surface area contributed by atoms with Crippen molar-refractivity contribution in [3.05, 3.63) is 5.51 Å². The molecule has 17 heavy (non-hydrogen) atoms. The van der Waals surface area contributed by atoms with Crippen LogP contribution in [-0.2, 0) is 9.53 Å². The molecular weight excluding hydrogens is 264 g/mol. The van der Waals surface area contributed by atoms with Crippen molar-refractivity contribution >= 4 is 34.0 Å². The van der Waals surface area contributed by atoms with Gasteiger partial charge in [0, 0.05) is 19.6 Å². The number of nitrogens with one attached hydrogen (secondary N) is 1. The molecule has 94 valence electrons. The molecule has 1 atom stereocenters. The maximum atomic E-state index is 11.0. The number of anilines is 1. The predicted octanol–water partition coefficient (Wildman–Crippen LogP) is 0.0983. The Morgan fingerprint density at radius 2 is 2.65 bits per heavy atom. The molecule has 1 aliphatic heterocycles. The fraction of sp³-hybridized carbons (Fsp3) is 0.667. The summed E-state index contributed by atoms with van der Waals surface area (Å²) in [6.07, 6.45) is -0.0279. The van der Waals surface area contributed by atoms with Crippen LogP contribution in [0, 0.1) is 0 Å². The molecule has 1 amide bonds. The van der Waals surface area contributed by atoms with Gasteiger partial charge in [-0.1, -0.05) is 11.3 Å². The molecule has 0 aromatic carbocycles. The summed E-state index contributed by atoms with van der Waals surface area (Å²) in [6, 6.07) is 0. The lowest BCUT2D eigenvalue weighted by molar-refractivity contribution is -0.119. The first-order valence-electron chi connectivity index (χ1n) is 5.25. The number of hydrogen-bond donors (Lipinski definition) is 1. The molecule has 2 heterocycles. The van der Waals surface area contributed by atoms with Crippen molar-refractivity contribution < 1.29 is 9.53 Å². The summed E-state index contributed by atoms with van der Waals surface area (Å²) in [5.74, 6) is -0.198. The van der Waals surface area contributed by atoms with Gasteiger partial charge in [0.1, 0.15) is 11.4 Å². The zero-order valence-corrected chi connectivity index (χ0v) is 10.7. The number of aromatic nitrogens is 2. The summed E-state index contributed by atoms with van der Waals surface area (Å²) < 4.78 is 5.56. The molecule has 1 saturated heterocycles.